The number of halogens is 1. The van der Waals surface area contributed by atoms with Crippen molar-refractivity contribution in [2.45, 2.75) is 82.0 Å². The highest BCUT2D eigenvalue weighted by Crippen LogP contribution is 2.36. The van der Waals surface area contributed by atoms with Crippen LogP contribution in [-0.2, 0) is 14.2 Å². The summed E-state index contributed by atoms with van der Waals surface area (Å²) in [6.07, 6.45) is 1.57. The van der Waals surface area contributed by atoms with Gasteiger partial charge in [0.2, 0.25) is 0 Å². The van der Waals surface area contributed by atoms with Crippen molar-refractivity contribution in [3.05, 3.63) is 40.9 Å². The second kappa shape index (κ2) is 10.9. The van der Waals surface area contributed by atoms with E-state index in [1.807, 2.05) is 26.0 Å². The second-order valence-corrected chi connectivity index (χ2v) is 11.3. The van der Waals surface area contributed by atoms with Crippen molar-refractivity contribution in [2.24, 2.45) is 0 Å². The molecule has 2 aromatic heterocycles. The van der Waals surface area contributed by atoms with E-state index >= 15 is 0 Å². The number of fused-ring (bicyclic) bond motifs is 2. The molecule has 4 heterocycles. The Balaban J connectivity index is 1.10. The number of hydrogen-bond donors (Lipinski definition) is 3. The van der Waals surface area contributed by atoms with Crippen LogP contribution in [0.1, 0.15) is 51.0 Å². The Morgan fingerprint density at radius 3 is 2.59 bits per heavy atom. The molecular weight excluding hydrogens is 524 g/mol. The minimum atomic E-state index is -0.638. The molecule has 2 aliphatic heterocycles. The standard InChI is InChI=1S/C28H33ClN4O6/c1-14(2)30-28(35)38-18-9-7-16(8-10-18)15-3-5-17(6-4-15)23-19(29)11-20-26(32-23)33-27(31-20)39-22-13-37-24-21(34)12-36-25(22)24/h3-6,11,14,16,18,21-22,24-25,34H,7-10,12-13H2,1-2H3,(H,30,35)(H,31,32,33)/t16?,18?,21-,22-,24-,25-/m1/s1. The SMILES string of the molecule is CC(C)NC(=O)OC1CCC(c2ccc(-c3nc4nc(O[C@@H]5CO[C@H]6[C@@H]5OC[C@H]6O)[nH]c4cc3Cl)cc2)CC1. The summed E-state index contributed by atoms with van der Waals surface area (Å²) >= 11 is 6.62. The lowest BCUT2D eigenvalue weighted by atomic mass is 9.82. The van der Waals surface area contributed by atoms with Gasteiger partial charge < -0.3 is 34.4 Å². The summed E-state index contributed by atoms with van der Waals surface area (Å²) in [5.74, 6) is 0.424. The maximum atomic E-state index is 11.9. The molecule has 1 amide bonds. The van der Waals surface area contributed by atoms with Gasteiger partial charge >= 0.3 is 6.09 Å². The Morgan fingerprint density at radius 2 is 1.85 bits per heavy atom. The first-order valence-corrected chi connectivity index (χ1v) is 13.9. The predicted octanol–water partition coefficient (Wildman–Crippen LogP) is 4.35. The van der Waals surface area contributed by atoms with Crippen LogP contribution < -0.4 is 10.1 Å². The Hall–Kier alpha value is -2.92. The molecule has 0 bridgehead atoms. The normalized spacial score (nSPS) is 28.5. The van der Waals surface area contributed by atoms with E-state index < -0.39 is 6.10 Å². The Morgan fingerprint density at radius 1 is 1.10 bits per heavy atom. The molecule has 10 nitrogen and oxygen atoms in total. The molecule has 3 N–H and O–H groups in total. The number of nitrogens with zero attached hydrogens (tertiary/aromatic N) is 2. The highest BCUT2D eigenvalue weighted by molar-refractivity contribution is 6.33. The predicted molar refractivity (Wildman–Crippen MR) is 144 cm³/mol. The van der Waals surface area contributed by atoms with Crippen LogP contribution >= 0.6 is 11.6 Å². The zero-order valence-corrected chi connectivity index (χ0v) is 22.7. The van der Waals surface area contributed by atoms with Crippen LogP contribution in [0.5, 0.6) is 6.01 Å². The van der Waals surface area contributed by atoms with Gasteiger partial charge in [0.05, 0.1) is 29.4 Å². The van der Waals surface area contributed by atoms with Gasteiger partial charge in [-0.3, -0.25) is 0 Å². The Bertz CT molecular complexity index is 1320. The highest BCUT2D eigenvalue weighted by Gasteiger charge is 2.48. The number of hydrogen-bond acceptors (Lipinski definition) is 8. The number of nitrogens with one attached hydrogen (secondary N) is 2. The fraction of sp³-hybridized carbons (Fsp3) is 0.536. The number of aromatic amines is 1. The number of ether oxygens (including phenoxy) is 4. The smallest absolute Gasteiger partial charge is 0.407 e. The first-order chi connectivity index (χ1) is 18.8. The number of H-pyrrole nitrogens is 1. The van der Waals surface area contributed by atoms with E-state index in [2.05, 4.69) is 27.4 Å². The van der Waals surface area contributed by atoms with Gasteiger partial charge in [-0.05, 0) is 57.1 Å². The summed E-state index contributed by atoms with van der Waals surface area (Å²) in [4.78, 5) is 24.2. The van der Waals surface area contributed by atoms with Gasteiger partial charge in [0.15, 0.2) is 11.8 Å². The van der Waals surface area contributed by atoms with E-state index in [0.717, 1.165) is 31.2 Å². The molecule has 0 spiro atoms. The molecule has 0 radical (unpaired) electrons. The van der Waals surface area contributed by atoms with E-state index in [-0.39, 0.29) is 43.2 Å². The third kappa shape index (κ3) is 5.56. The lowest BCUT2D eigenvalue weighted by Crippen LogP contribution is -2.34. The summed E-state index contributed by atoms with van der Waals surface area (Å²) in [5, 5.41) is 13.2. The van der Waals surface area contributed by atoms with Crippen LogP contribution in [0.25, 0.3) is 22.4 Å². The van der Waals surface area contributed by atoms with Crippen molar-refractivity contribution >= 4 is 28.9 Å². The molecule has 11 heteroatoms. The van der Waals surface area contributed by atoms with Crippen molar-refractivity contribution in [3.8, 4) is 17.3 Å². The van der Waals surface area contributed by atoms with Crippen molar-refractivity contribution in [1.82, 2.24) is 20.3 Å². The molecule has 3 aliphatic rings. The minimum absolute atomic E-state index is 0.0309. The number of alkyl carbamates (subject to hydrolysis) is 1. The first kappa shape index (κ1) is 26.3. The van der Waals surface area contributed by atoms with Crippen LogP contribution in [-0.4, -0.2) is 75.9 Å². The number of pyridine rings is 1. The van der Waals surface area contributed by atoms with Gasteiger partial charge in [-0.2, -0.15) is 4.98 Å². The van der Waals surface area contributed by atoms with Crippen LogP contribution in [0.2, 0.25) is 5.02 Å². The van der Waals surface area contributed by atoms with E-state index in [1.54, 1.807) is 6.07 Å². The number of rotatable bonds is 6. The average Bonchev–Trinajstić information content (AvgIpc) is 3.60. The van der Waals surface area contributed by atoms with Gasteiger partial charge in [-0.15, -0.1) is 0 Å². The number of amides is 1. The highest BCUT2D eigenvalue weighted by atomic mass is 35.5. The summed E-state index contributed by atoms with van der Waals surface area (Å²) < 4.78 is 22.8. The van der Waals surface area contributed by atoms with Gasteiger partial charge in [-0.1, -0.05) is 35.9 Å². The van der Waals surface area contributed by atoms with Crippen LogP contribution in [0.15, 0.2) is 30.3 Å². The molecule has 6 rings (SSSR count). The molecule has 3 aromatic rings. The van der Waals surface area contributed by atoms with Crippen LogP contribution in [0.4, 0.5) is 4.79 Å². The molecule has 2 saturated heterocycles. The molecule has 1 saturated carbocycles. The quantitative estimate of drug-likeness (QED) is 0.409. The first-order valence-electron chi connectivity index (χ1n) is 13.6. The number of aliphatic hydroxyl groups is 1. The molecular formula is C28H33ClN4O6. The van der Waals surface area contributed by atoms with E-state index in [4.69, 9.17) is 35.5 Å². The molecule has 4 atom stereocenters. The molecule has 39 heavy (non-hydrogen) atoms. The van der Waals surface area contributed by atoms with E-state index in [0.29, 0.717) is 40.4 Å². The summed E-state index contributed by atoms with van der Waals surface area (Å²) in [6, 6.07) is 10.5. The molecule has 1 aliphatic carbocycles. The van der Waals surface area contributed by atoms with E-state index in [1.165, 1.54) is 5.56 Å². The second-order valence-electron chi connectivity index (χ2n) is 10.9. The largest absolute Gasteiger partial charge is 0.456 e. The van der Waals surface area contributed by atoms with Crippen molar-refractivity contribution in [2.75, 3.05) is 13.2 Å². The summed E-state index contributed by atoms with van der Waals surface area (Å²) in [7, 11) is 0. The van der Waals surface area contributed by atoms with Crippen LogP contribution in [0.3, 0.4) is 0 Å². The summed E-state index contributed by atoms with van der Waals surface area (Å²) in [5.41, 5.74) is 3.97. The number of carbonyl (C=O) groups excluding carboxylic acids is 1. The number of benzene rings is 1. The zero-order valence-electron chi connectivity index (χ0n) is 21.9. The van der Waals surface area contributed by atoms with Crippen LogP contribution in [0, 0.1) is 0 Å². The summed E-state index contributed by atoms with van der Waals surface area (Å²) in [6.45, 7) is 4.39. The average molecular weight is 557 g/mol. The number of carbonyl (C=O) groups is 1. The van der Waals surface area contributed by atoms with Crippen molar-refractivity contribution < 1.29 is 28.8 Å². The zero-order chi connectivity index (χ0) is 27.1. The Labute approximate surface area is 231 Å². The van der Waals surface area contributed by atoms with Crippen molar-refractivity contribution in [1.29, 1.82) is 0 Å². The fourth-order valence-corrected chi connectivity index (χ4v) is 5.95. The molecule has 1 aromatic carbocycles. The van der Waals surface area contributed by atoms with Crippen molar-refractivity contribution in [3.63, 3.8) is 0 Å². The number of aliphatic hydroxyl groups excluding tert-OH is 1. The number of imidazole rings is 1. The van der Waals surface area contributed by atoms with Gasteiger partial charge in [0.25, 0.3) is 6.01 Å². The number of aromatic nitrogens is 3. The maximum absolute atomic E-state index is 11.9. The molecule has 208 valence electrons. The third-order valence-corrected chi connectivity index (χ3v) is 7.95. The minimum Gasteiger partial charge on any atom is -0.456 e. The lowest BCUT2D eigenvalue weighted by molar-refractivity contribution is 0.00706. The third-order valence-electron chi connectivity index (χ3n) is 7.66. The van der Waals surface area contributed by atoms with Gasteiger partial charge in [0.1, 0.15) is 24.4 Å². The van der Waals surface area contributed by atoms with Gasteiger partial charge in [0, 0.05) is 11.6 Å². The monoisotopic (exact) mass is 556 g/mol. The molecule has 0 unspecified atom stereocenters. The Kier molecular flexibility index (Phi) is 7.37. The van der Waals surface area contributed by atoms with E-state index in [9.17, 15) is 9.90 Å². The van der Waals surface area contributed by atoms with Gasteiger partial charge in [-0.25, -0.2) is 9.78 Å². The molecule has 3 fully saturated rings. The lowest BCUT2D eigenvalue weighted by Gasteiger charge is -2.29. The fourth-order valence-electron chi connectivity index (χ4n) is 5.69. The topological polar surface area (TPSA) is 128 Å². The maximum Gasteiger partial charge on any atom is 0.407 e.